The first kappa shape index (κ1) is 18.7. The summed E-state index contributed by atoms with van der Waals surface area (Å²) >= 11 is 0. The van der Waals surface area contributed by atoms with Crippen LogP contribution in [0.5, 0.6) is 5.75 Å². The van der Waals surface area contributed by atoms with Gasteiger partial charge in [0.05, 0.1) is 0 Å². The van der Waals surface area contributed by atoms with Crippen molar-refractivity contribution in [1.82, 2.24) is 4.90 Å². The number of nitrogens with zero attached hydrogens (tertiary/aromatic N) is 1. The van der Waals surface area contributed by atoms with Gasteiger partial charge in [-0.3, -0.25) is 9.69 Å². The van der Waals surface area contributed by atoms with Crippen LogP contribution in [0.2, 0.25) is 0 Å². The SMILES string of the molecule is CC(=O)c1c(C)cc(C)c(CN(Cc2cccc(O)c2)CC2CC2)c1C. The molecular weight excluding hydrogens is 322 g/mol. The molecule has 138 valence electrons. The molecular formula is C23H29NO2. The Morgan fingerprint density at radius 2 is 1.85 bits per heavy atom. The molecule has 1 fully saturated rings. The van der Waals surface area contributed by atoms with Crippen LogP contribution in [-0.4, -0.2) is 22.3 Å². The van der Waals surface area contributed by atoms with Crippen molar-refractivity contribution >= 4 is 5.78 Å². The lowest BCUT2D eigenvalue weighted by Gasteiger charge is -2.26. The molecule has 1 aliphatic carbocycles. The van der Waals surface area contributed by atoms with Gasteiger partial charge in [-0.15, -0.1) is 0 Å². The molecule has 0 saturated heterocycles. The van der Waals surface area contributed by atoms with E-state index >= 15 is 0 Å². The quantitative estimate of drug-likeness (QED) is 0.719. The number of Topliss-reactive ketones (excluding diaryl/α,β-unsaturated/α-hetero) is 1. The lowest BCUT2D eigenvalue weighted by atomic mass is 9.91. The van der Waals surface area contributed by atoms with E-state index in [9.17, 15) is 9.90 Å². The first-order valence-electron chi connectivity index (χ1n) is 9.46. The van der Waals surface area contributed by atoms with Gasteiger partial charge in [0.1, 0.15) is 5.75 Å². The summed E-state index contributed by atoms with van der Waals surface area (Å²) in [5, 5.41) is 9.77. The number of aryl methyl sites for hydroxylation is 2. The summed E-state index contributed by atoms with van der Waals surface area (Å²) < 4.78 is 0. The van der Waals surface area contributed by atoms with Crippen molar-refractivity contribution in [2.45, 2.75) is 53.6 Å². The normalized spacial score (nSPS) is 14.0. The maximum absolute atomic E-state index is 12.1. The number of benzene rings is 2. The Morgan fingerprint density at radius 3 is 2.46 bits per heavy atom. The second-order valence-corrected chi connectivity index (χ2v) is 7.83. The van der Waals surface area contributed by atoms with Crippen molar-refractivity contribution < 1.29 is 9.90 Å². The Bertz CT molecular complexity index is 821. The minimum absolute atomic E-state index is 0.142. The van der Waals surface area contributed by atoms with Crippen LogP contribution in [-0.2, 0) is 13.1 Å². The summed E-state index contributed by atoms with van der Waals surface area (Å²) in [5.41, 5.74) is 6.70. The van der Waals surface area contributed by atoms with Crippen LogP contribution in [0.15, 0.2) is 30.3 Å². The van der Waals surface area contributed by atoms with E-state index in [0.29, 0.717) is 5.75 Å². The van der Waals surface area contributed by atoms with Crippen molar-refractivity contribution in [3.63, 3.8) is 0 Å². The number of ketones is 1. The van der Waals surface area contributed by atoms with Crippen LogP contribution in [0.3, 0.4) is 0 Å². The Kier molecular flexibility index (Phi) is 5.47. The van der Waals surface area contributed by atoms with E-state index in [4.69, 9.17) is 0 Å². The van der Waals surface area contributed by atoms with Crippen LogP contribution in [0.1, 0.15) is 57.9 Å². The average molecular weight is 351 g/mol. The monoisotopic (exact) mass is 351 g/mol. The zero-order valence-electron chi connectivity index (χ0n) is 16.3. The molecule has 0 radical (unpaired) electrons. The van der Waals surface area contributed by atoms with Crippen LogP contribution < -0.4 is 0 Å². The van der Waals surface area contributed by atoms with Crippen LogP contribution in [0, 0.1) is 26.7 Å². The molecule has 1 aliphatic rings. The summed E-state index contributed by atoms with van der Waals surface area (Å²) in [4.78, 5) is 14.6. The summed E-state index contributed by atoms with van der Waals surface area (Å²) in [7, 11) is 0. The highest BCUT2D eigenvalue weighted by Crippen LogP contribution is 2.32. The lowest BCUT2D eigenvalue weighted by Crippen LogP contribution is -2.26. The standard InChI is InChI=1S/C23H29NO2/c1-15-10-16(2)23(18(4)25)17(3)22(15)14-24(12-19-8-9-19)13-20-6-5-7-21(26)11-20/h5-7,10-11,19,26H,8-9,12-14H2,1-4H3. The fraction of sp³-hybridized carbons (Fsp3) is 0.435. The number of carbonyl (C=O) groups is 1. The maximum Gasteiger partial charge on any atom is 0.160 e. The molecule has 0 amide bonds. The molecule has 0 bridgehead atoms. The van der Waals surface area contributed by atoms with Gasteiger partial charge >= 0.3 is 0 Å². The molecule has 3 rings (SSSR count). The molecule has 3 heteroatoms. The van der Waals surface area contributed by atoms with Gasteiger partial charge in [0, 0.05) is 25.2 Å². The van der Waals surface area contributed by atoms with E-state index in [2.05, 4.69) is 30.9 Å². The first-order chi connectivity index (χ1) is 12.3. The average Bonchev–Trinajstić information content (AvgIpc) is 3.34. The van der Waals surface area contributed by atoms with E-state index in [1.807, 2.05) is 19.1 Å². The predicted octanol–water partition coefficient (Wildman–Crippen LogP) is 4.93. The second-order valence-electron chi connectivity index (χ2n) is 7.83. The molecule has 0 spiro atoms. The number of phenolic OH excluding ortho intramolecular Hbond substituents is 1. The topological polar surface area (TPSA) is 40.5 Å². The molecule has 3 nitrogen and oxygen atoms in total. The van der Waals surface area contributed by atoms with Crippen LogP contribution in [0.25, 0.3) is 0 Å². The Labute approximate surface area is 156 Å². The minimum Gasteiger partial charge on any atom is -0.508 e. The molecule has 2 aromatic rings. The van der Waals surface area contributed by atoms with Gasteiger partial charge in [-0.1, -0.05) is 18.2 Å². The Hall–Kier alpha value is -2.13. The third kappa shape index (κ3) is 4.34. The van der Waals surface area contributed by atoms with Gasteiger partial charge in [0.15, 0.2) is 5.78 Å². The summed E-state index contributed by atoms with van der Waals surface area (Å²) in [6.07, 6.45) is 2.61. The number of phenols is 1. The Morgan fingerprint density at radius 1 is 1.12 bits per heavy atom. The van der Waals surface area contributed by atoms with E-state index in [0.717, 1.165) is 47.8 Å². The van der Waals surface area contributed by atoms with Crippen LogP contribution >= 0.6 is 0 Å². The molecule has 0 aromatic heterocycles. The number of hydrogen-bond donors (Lipinski definition) is 1. The van der Waals surface area contributed by atoms with E-state index in [1.165, 1.54) is 24.0 Å². The summed E-state index contributed by atoms with van der Waals surface area (Å²) in [6.45, 7) is 10.6. The molecule has 1 N–H and O–H groups in total. The van der Waals surface area contributed by atoms with Gasteiger partial charge in [0.25, 0.3) is 0 Å². The molecule has 26 heavy (non-hydrogen) atoms. The van der Waals surface area contributed by atoms with Crippen molar-refractivity contribution in [2.75, 3.05) is 6.54 Å². The maximum atomic E-state index is 12.1. The smallest absolute Gasteiger partial charge is 0.160 e. The minimum atomic E-state index is 0.142. The molecule has 0 heterocycles. The van der Waals surface area contributed by atoms with Crippen molar-refractivity contribution in [3.8, 4) is 5.75 Å². The van der Waals surface area contributed by atoms with Crippen molar-refractivity contribution in [1.29, 1.82) is 0 Å². The second kappa shape index (κ2) is 7.63. The number of rotatable bonds is 7. The highest BCUT2D eigenvalue weighted by molar-refractivity contribution is 5.97. The van der Waals surface area contributed by atoms with Crippen molar-refractivity contribution in [2.24, 2.45) is 5.92 Å². The van der Waals surface area contributed by atoms with E-state index in [-0.39, 0.29) is 5.78 Å². The Balaban J connectivity index is 1.89. The highest BCUT2D eigenvalue weighted by atomic mass is 16.3. The number of hydrogen-bond acceptors (Lipinski definition) is 3. The largest absolute Gasteiger partial charge is 0.508 e. The lowest BCUT2D eigenvalue weighted by molar-refractivity contribution is 0.101. The van der Waals surface area contributed by atoms with Crippen molar-refractivity contribution in [3.05, 3.63) is 63.7 Å². The van der Waals surface area contributed by atoms with Gasteiger partial charge in [-0.2, -0.15) is 0 Å². The van der Waals surface area contributed by atoms with Gasteiger partial charge in [0.2, 0.25) is 0 Å². The van der Waals surface area contributed by atoms with Crippen LogP contribution in [0.4, 0.5) is 0 Å². The third-order valence-corrected chi connectivity index (χ3v) is 5.39. The molecule has 0 unspecified atom stereocenters. The van der Waals surface area contributed by atoms with E-state index < -0.39 is 0 Å². The highest BCUT2D eigenvalue weighted by Gasteiger charge is 2.25. The molecule has 0 aliphatic heterocycles. The van der Waals surface area contributed by atoms with E-state index in [1.54, 1.807) is 13.0 Å². The van der Waals surface area contributed by atoms with Gasteiger partial charge in [-0.05, 0) is 86.4 Å². The third-order valence-electron chi connectivity index (χ3n) is 5.39. The first-order valence-corrected chi connectivity index (χ1v) is 9.46. The zero-order chi connectivity index (χ0) is 18.8. The van der Waals surface area contributed by atoms with Gasteiger partial charge < -0.3 is 5.11 Å². The zero-order valence-corrected chi connectivity index (χ0v) is 16.3. The molecule has 2 aromatic carbocycles. The fourth-order valence-electron chi connectivity index (χ4n) is 4.00. The number of aromatic hydroxyl groups is 1. The van der Waals surface area contributed by atoms with Gasteiger partial charge in [-0.25, -0.2) is 0 Å². The summed E-state index contributed by atoms with van der Waals surface area (Å²) in [5.74, 6) is 1.24. The predicted molar refractivity (Wildman–Crippen MR) is 106 cm³/mol. The molecule has 0 atom stereocenters. The molecule has 1 saturated carbocycles. The summed E-state index contributed by atoms with van der Waals surface area (Å²) in [6, 6.07) is 9.66. The fourth-order valence-corrected chi connectivity index (χ4v) is 4.00. The number of carbonyl (C=O) groups excluding carboxylic acids is 1.